The summed E-state index contributed by atoms with van der Waals surface area (Å²) in [5, 5.41) is 5.61. The van der Waals surface area contributed by atoms with Crippen molar-refractivity contribution < 1.29 is 14.0 Å². The van der Waals surface area contributed by atoms with E-state index in [1.165, 1.54) is 24.6 Å². The highest BCUT2D eigenvalue weighted by Crippen LogP contribution is 2.23. The second-order valence-corrected chi connectivity index (χ2v) is 7.97. The van der Waals surface area contributed by atoms with E-state index >= 15 is 0 Å². The smallest absolute Gasteiger partial charge is 0.274 e. The van der Waals surface area contributed by atoms with Crippen LogP contribution in [0.1, 0.15) is 54.0 Å². The van der Waals surface area contributed by atoms with E-state index in [1.807, 2.05) is 26.0 Å². The maximum Gasteiger partial charge on any atom is 0.274 e. The molecule has 1 aliphatic heterocycles. The summed E-state index contributed by atoms with van der Waals surface area (Å²) in [4.78, 5) is 31.9. The van der Waals surface area contributed by atoms with E-state index in [9.17, 15) is 14.0 Å². The van der Waals surface area contributed by atoms with Gasteiger partial charge in [-0.25, -0.2) is 9.37 Å². The summed E-state index contributed by atoms with van der Waals surface area (Å²) >= 11 is 0. The number of nitrogens with one attached hydrogen (secondary N) is 2. The Kier molecular flexibility index (Phi) is 8.73. The number of rotatable bonds is 8. The number of carbonyl (C=O) groups excluding carboxylic acids is 2. The number of carbonyl (C=O) groups is 2. The summed E-state index contributed by atoms with van der Waals surface area (Å²) in [6.07, 6.45) is 8.93. The minimum atomic E-state index is -0.523. The highest BCUT2D eigenvalue weighted by atomic mass is 19.1. The molecule has 1 aromatic heterocycles. The minimum absolute atomic E-state index is 0.137. The minimum Gasteiger partial charge on any atom is -0.370 e. The van der Waals surface area contributed by atoms with Gasteiger partial charge >= 0.3 is 0 Å². The molecule has 2 heterocycles. The molecule has 3 rings (SSSR count). The molecule has 0 unspecified atom stereocenters. The van der Waals surface area contributed by atoms with Gasteiger partial charge in [0.15, 0.2) is 0 Å². The second-order valence-electron chi connectivity index (χ2n) is 7.97. The molecule has 6 nitrogen and oxygen atoms in total. The van der Waals surface area contributed by atoms with Gasteiger partial charge in [-0.3, -0.25) is 9.59 Å². The van der Waals surface area contributed by atoms with Crippen LogP contribution in [0, 0.1) is 5.82 Å². The van der Waals surface area contributed by atoms with Gasteiger partial charge in [0.1, 0.15) is 11.5 Å². The first-order valence-electron chi connectivity index (χ1n) is 11.6. The van der Waals surface area contributed by atoms with Crippen molar-refractivity contribution in [3.63, 3.8) is 0 Å². The Morgan fingerprint density at radius 2 is 1.91 bits per heavy atom. The lowest BCUT2D eigenvalue weighted by molar-refractivity contribution is 0.0949. The summed E-state index contributed by atoms with van der Waals surface area (Å²) in [6, 6.07) is 8.92. The van der Waals surface area contributed by atoms with E-state index in [4.69, 9.17) is 0 Å². The van der Waals surface area contributed by atoms with Gasteiger partial charge in [0, 0.05) is 30.8 Å². The van der Waals surface area contributed by atoms with Crippen molar-refractivity contribution >= 4 is 11.8 Å². The molecule has 1 fully saturated rings. The Morgan fingerprint density at radius 3 is 2.59 bits per heavy atom. The van der Waals surface area contributed by atoms with Gasteiger partial charge in [0.2, 0.25) is 0 Å². The fraction of sp³-hybridized carbons (Fsp3) is 0.296. The lowest BCUT2D eigenvalue weighted by Gasteiger charge is -2.31. The maximum atomic E-state index is 14.6. The molecule has 0 aliphatic carbocycles. The summed E-state index contributed by atoms with van der Waals surface area (Å²) in [5.74, 6) is -1.24. The van der Waals surface area contributed by atoms with E-state index in [0.717, 1.165) is 31.6 Å². The number of nitrogens with zero attached hydrogens (tertiary/aromatic N) is 2. The topological polar surface area (TPSA) is 74.3 Å². The monoisotopic (exact) mass is 462 g/mol. The van der Waals surface area contributed by atoms with Crippen molar-refractivity contribution in [1.29, 1.82) is 0 Å². The lowest BCUT2D eigenvalue weighted by Crippen LogP contribution is -2.33. The van der Waals surface area contributed by atoms with Crippen LogP contribution < -0.4 is 10.6 Å². The summed E-state index contributed by atoms with van der Waals surface area (Å²) < 4.78 is 14.6. The zero-order valence-corrected chi connectivity index (χ0v) is 19.7. The third-order valence-electron chi connectivity index (χ3n) is 5.57. The number of amides is 2. The van der Waals surface area contributed by atoms with Gasteiger partial charge in [0.05, 0.1) is 17.1 Å². The molecular weight excluding hydrogens is 431 g/mol. The van der Waals surface area contributed by atoms with Gasteiger partial charge in [-0.2, -0.15) is 0 Å². The summed E-state index contributed by atoms with van der Waals surface area (Å²) in [7, 11) is 0. The molecule has 2 amide bonds. The van der Waals surface area contributed by atoms with E-state index in [0.29, 0.717) is 17.8 Å². The average molecular weight is 463 g/mol. The van der Waals surface area contributed by atoms with E-state index < -0.39 is 11.7 Å². The molecule has 1 aromatic carbocycles. The van der Waals surface area contributed by atoms with E-state index in [2.05, 4.69) is 27.1 Å². The Labute approximate surface area is 200 Å². The van der Waals surface area contributed by atoms with Crippen LogP contribution in [-0.2, 0) is 0 Å². The molecule has 2 aromatic rings. The largest absolute Gasteiger partial charge is 0.370 e. The first-order chi connectivity index (χ1) is 16.5. The molecule has 1 aliphatic rings. The van der Waals surface area contributed by atoms with Crippen LogP contribution >= 0.6 is 0 Å². The molecule has 2 N–H and O–H groups in total. The van der Waals surface area contributed by atoms with Crippen molar-refractivity contribution in [2.45, 2.75) is 33.1 Å². The number of piperidine rings is 1. The average Bonchev–Trinajstić information content (AvgIpc) is 2.87. The molecule has 34 heavy (non-hydrogen) atoms. The number of pyridine rings is 1. The van der Waals surface area contributed by atoms with Crippen molar-refractivity contribution in [2.75, 3.05) is 19.6 Å². The van der Waals surface area contributed by atoms with E-state index in [1.54, 1.807) is 24.3 Å². The number of halogens is 1. The fourth-order valence-electron chi connectivity index (χ4n) is 3.90. The SMILES string of the molecule is C=C/C(NC(=O)c1cccc(-c2cc(C(=O)NCC)ccc2F)n1)=C(\C=C/C)N1CCCCC1. The van der Waals surface area contributed by atoms with Gasteiger partial charge < -0.3 is 15.5 Å². The molecular formula is C27H31FN4O2. The number of hydrogen-bond donors (Lipinski definition) is 2. The van der Waals surface area contributed by atoms with Crippen LogP contribution in [0.25, 0.3) is 11.3 Å². The molecule has 0 saturated carbocycles. The first kappa shape index (κ1) is 24.9. The third-order valence-corrected chi connectivity index (χ3v) is 5.57. The third kappa shape index (κ3) is 5.98. The highest BCUT2D eigenvalue weighted by molar-refractivity contribution is 5.96. The number of aromatic nitrogens is 1. The van der Waals surface area contributed by atoms with Crippen molar-refractivity contribution in [2.24, 2.45) is 0 Å². The van der Waals surface area contributed by atoms with Crippen molar-refractivity contribution in [3.05, 3.63) is 89.7 Å². The molecule has 7 heteroatoms. The van der Waals surface area contributed by atoms with Crippen molar-refractivity contribution in [1.82, 2.24) is 20.5 Å². The van der Waals surface area contributed by atoms with Crippen molar-refractivity contribution in [3.8, 4) is 11.3 Å². The number of benzene rings is 1. The maximum absolute atomic E-state index is 14.6. The lowest BCUT2D eigenvalue weighted by atomic mass is 10.1. The molecule has 1 saturated heterocycles. The normalized spacial score (nSPS) is 14.5. The molecule has 0 radical (unpaired) electrons. The fourth-order valence-corrected chi connectivity index (χ4v) is 3.90. The van der Waals surface area contributed by atoms with Crippen LogP contribution in [-0.4, -0.2) is 41.3 Å². The predicted molar refractivity (Wildman–Crippen MR) is 133 cm³/mol. The standard InChI is InChI=1S/C27H31FN4O2/c1-4-11-25(32-16-8-7-9-17-32)22(5-2)31-27(34)24-13-10-12-23(30-24)20-18-19(14-15-21(20)28)26(33)29-6-3/h4-5,10-15,18H,2,6-9,16-17H2,1,3H3,(H,29,33)(H,31,34)/b11-4-,25-22-. The Balaban J connectivity index is 1.90. The first-order valence-corrected chi connectivity index (χ1v) is 11.6. The molecule has 178 valence electrons. The number of allylic oxidation sites excluding steroid dienone is 3. The number of likely N-dealkylation sites (tertiary alicyclic amines) is 1. The van der Waals surface area contributed by atoms with E-state index in [-0.39, 0.29) is 22.9 Å². The van der Waals surface area contributed by atoms with Crippen LogP contribution in [0.5, 0.6) is 0 Å². The highest BCUT2D eigenvalue weighted by Gasteiger charge is 2.18. The van der Waals surface area contributed by atoms with Crippen LogP contribution in [0.4, 0.5) is 4.39 Å². The zero-order valence-electron chi connectivity index (χ0n) is 19.7. The van der Waals surface area contributed by atoms with Gasteiger partial charge in [0.25, 0.3) is 11.8 Å². The Hall–Kier alpha value is -3.74. The predicted octanol–water partition coefficient (Wildman–Crippen LogP) is 4.83. The molecule has 0 spiro atoms. The molecule has 0 atom stereocenters. The van der Waals surface area contributed by atoms with Gasteiger partial charge in [-0.1, -0.05) is 18.7 Å². The van der Waals surface area contributed by atoms with Crippen LogP contribution in [0.2, 0.25) is 0 Å². The Morgan fingerprint density at radius 1 is 1.15 bits per heavy atom. The van der Waals surface area contributed by atoms with Gasteiger partial charge in [-0.15, -0.1) is 0 Å². The molecule has 0 bridgehead atoms. The summed E-state index contributed by atoms with van der Waals surface area (Å²) in [6.45, 7) is 9.93. The number of hydrogen-bond acceptors (Lipinski definition) is 4. The van der Waals surface area contributed by atoms with Crippen LogP contribution in [0.3, 0.4) is 0 Å². The quantitative estimate of drug-likeness (QED) is 0.551. The second kappa shape index (κ2) is 11.9. The summed E-state index contributed by atoms with van der Waals surface area (Å²) in [5.41, 5.74) is 2.39. The van der Waals surface area contributed by atoms with Gasteiger partial charge in [-0.05, 0) is 75.6 Å². The Bertz CT molecular complexity index is 1120. The van der Waals surface area contributed by atoms with Crippen LogP contribution in [0.15, 0.2) is 72.6 Å². The zero-order chi connectivity index (χ0) is 24.5.